The lowest BCUT2D eigenvalue weighted by molar-refractivity contribution is -0.368. The molecule has 0 radical (unpaired) electrons. The number of rotatable bonds is 0. The number of nitrogens with two attached hydrogens (primary N) is 1. The van der Waals surface area contributed by atoms with Crippen LogP contribution in [0.3, 0.4) is 0 Å². The van der Waals surface area contributed by atoms with Crippen molar-refractivity contribution in [2.45, 2.75) is 11.3 Å². The smallest absolute Gasteiger partial charge is 0.409 e. The monoisotopic (exact) mass is 265 g/mol. The van der Waals surface area contributed by atoms with Gasteiger partial charge in [0.25, 0.3) is 0 Å². The molecule has 14 heavy (non-hydrogen) atoms. The Bertz CT molecular complexity index is 372. The van der Waals surface area contributed by atoms with Crippen LogP contribution in [0.15, 0.2) is 18.2 Å². The van der Waals surface area contributed by atoms with Gasteiger partial charge >= 0.3 is 6.29 Å². The van der Waals surface area contributed by atoms with Gasteiger partial charge in [0.1, 0.15) is 5.75 Å². The van der Waals surface area contributed by atoms with Crippen molar-refractivity contribution in [3.63, 3.8) is 0 Å². The number of benzene rings is 1. The van der Waals surface area contributed by atoms with Crippen LogP contribution in [0.2, 0.25) is 0 Å². The molecule has 3 nitrogen and oxygen atoms in total. The van der Waals surface area contributed by atoms with Gasteiger partial charge in [-0.2, -0.15) is 0 Å². The Morgan fingerprint density at radius 2 is 2.14 bits per heavy atom. The Morgan fingerprint density at radius 1 is 1.43 bits per heavy atom. The first kappa shape index (κ1) is 9.67. The van der Waals surface area contributed by atoms with Crippen LogP contribution in [0.5, 0.6) is 5.75 Å². The third-order valence-corrected chi connectivity index (χ3v) is 2.44. The minimum atomic E-state index is -3.62. The molecule has 2 rings (SSSR count). The van der Waals surface area contributed by atoms with Crippen molar-refractivity contribution in [2.75, 3.05) is 5.73 Å². The molecular formula is C8H6BrF2NO2. The molecule has 0 aliphatic carbocycles. The van der Waals surface area contributed by atoms with Crippen molar-refractivity contribution < 1.29 is 18.3 Å². The molecule has 1 unspecified atom stereocenters. The van der Waals surface area contributed by atoms with E-state index in [9.17, 15) is 8.78 Å². The molecule has 2 N–H and O–H groups in total. The number of alkyl halides is 3. The van der Waals surface area contributed by atoms with Gasteiger partial charge < -0.3 is 10.5 Å². The predicted molar refractivity (Wildman–Crippen MR) is 49.2 cm³/mol. The molecule has 1 aromatic rings. The molecule has 1 aliphatic rings. The number of halogens is 3. The average Bonchev–Trinajstić information content (AvgIpc) is 2.00. The van der Waals surface area contributed by atoms with Crippen LogP contribution in [-0.4, -0.2) is 6.29 Å². The maximum absolute atomic E-state index is 12.8. The van der Waals surface area contributed by atoms with Crippen LogP contribution >= 0.6 is 15.9 Å². The normalized spacial score (nSPS) is 23.8. The number of hydrogen-bond donors (Lipinski definition) is 1. The number of anilines is 1. The second kappa shape index (κ2) is 3.06. The van der Waals surface area contributed by atoms with Crippen LogP contribution in [0.4, 0.5) is 14.5 Å². The lowest BCUT2D eigenvalue weighted by atomic mass is 10.1. The van der Waals surface area contributed by atoms with Gasteiger partial charge in [-0.3, -0.25) is 4.74 Å². The number of ether oxygens (including phenoxy) is 2. The van der Waals surface area contributed by atoms with Gasteiger partial charge in [0, 0.05) is 5.69 Å². The van der Waals surface area contributed by atoms with E-state index in [-0.39, 0.29) is 5.75 Å². The van der Waals surface area contributed by atoms with E-state index >= 15 is 0 Å². The summed E-state index contributed by atoms with van der Waals surface area (Å²) in [5.74, 6) is 0.0307. The minimum absolute atomic E-state index is 0.0307. The Labute approximate surface area is 86.9 Å². The van der Waals surface area contributed by atoms with Gasteiger partial charge in [-0.1, -0.05) is 22.0 Å². The molecule has 0 spiro atoms. The van der Waals surface area contributed by atoms with Crippen LogP contribution in [0.1, 0.15) is 10.6 Å². The summed E-state index contributed by atoms with van der Waals surface area (Å²) >= 11 is 2.95. The summed E-state index contributed by atoms with van der Waals surface area (Å²) in [7, 11) is 0. The SMILES string of the molecule is Nc1cccc2c1C(Br)OC(F)(F)O2. The quantitative estimate of drug-likeness (QED) is 0.580. The zero-order valence-corrected chi connectivity index (χ0v) is 8.42. The molecule has 1 aliphatic heterocycles. The summed E-state index contributed by atoms with van der Waals surface area (Å²) in [5, 5.41) is -0.956. The van der Waals surface area contributed by atoms with Crippen LogP contribution in [-0.2, 0) is 4.74 Å². The molecule has 1 atom stereocenters. The second-order valence-corrected chi connectivity index (χ2v) is 3.59. The van der Waals surface area contributed by atoms with E-state index in [1.165, 1.54) is 12.1 Å². The van der Waals surface area contributed by atoms with Crippen molar-refractivity contribution >= 4 is 21.6 Å². The molecule has 0 bridgehead atoms. The highest BCUT2D eigenvalue weighted by Crippen LogP contribution is 2.45. The summed E-state index contributed by atoms with van der Waals surface area (Å²) in [6, 6.07) is 4.54. The molecule has 6 heteroatoms. The zero-order chi connectivity index (χ0) is 10.3. The summed E-state index contributed by atoms with van der Waals surface area (Å²) < 4.78 is 34.1. The van der Waals surface area contributed by atoms with Crippen LogP contribution in [0.25, 0.3) is 0 Å². The molecule has 0 amide bonds. The number of fused-ring (bicyclic) bond motifs is 1. The largest absolute Gasteiger partial charge is 0.536 e. The van der Waals surface area contributed by atoms with E-state index in [0.717, 1.165) is 0 Å². The molecular weight excluding hydrogens is 260 g/mol. The second-order valence-electron chi connectivity index (χ2n) is 2.76. The molecule has 76 valence electrons. The highest BCUT2D eigenvalue weighted by molar-refractivity contribution is 9.09. The van der Waals surface area contributed by atoms with E-state index < -0.39 is 11.3 Å². The van der Waals surface area contributed by atoms with Crippen molar-refractivity contribution in [3.8, 4) is 5.75 Å². The molecule has 0 aromatic heterocycles. The van der Waals surface area contributed by atoms with Crippen LogP contribution < -0.4 is 10.5 Å². The third kappa shape index (κ3) is 1.55. The zero-order valence-electron chi connectivity index (χ0n) is 6.84. The standard InChI is InChI=1S/C8H6BrF2NO2/c9-7-6-4(12)2-1-3-5(6)13-8(10,11)14-7/h1-3,7H,12H2. The Morgan fingerprint density at radius 3 is 2.86 bits per heavy atom. The van der Waals surface area contributed by atoms with Gasteiger partial charge in [0.05, 0.1) is 5.56 Å². The molecule has 0 fully saturated rings. The van der Waals surface area contributed by atoms with Crippen molar-refractivity contribution in [1.82, 2.24) is 0 Å². The summed E-state index contributed by atoms with van der Waals surface area (Å²) in [5.41, 5.74) is 6.32. The van der Waals surface area contributed by atoms with Crippen molar-refractivity contribution in [2.24, 2.45) is 0 Å². The Kier molecular flexibility index (Phi) is 2.11. The fraction of sp³-hybridized carbons (Fsp3) is 0.250. The minimum Gasteiger partial charge on any atom is -0.409 e. The van der Waals surface area contributed by atoms with E-state index in [2.05, 4.69) is 25.4 Å². The number of hydrogen-bond acceptors (Lipinski definition) is 3. The van der Waals surface area contributed by atoms with E-state index in [0.29, 0.717) is 11.3 Å². The van der Waals surface area contributed by atoms with Crippen LogP contribution in [0, 0.1) is 0 Å². The fourth-order valence-electron chi connectivity index (χ4n) is 1.22. The molecule has 0 saturated carbocycles. The first-order valence-corrected chi connectivity index (χ1v) is 4.68. The van der Waals surface area contributed by atoms with Crippen molar-refractivity contribution in [1.29, 1.82) is 0 Å². The van der Waals surface area contributed by atoms with E-state index in [1.807, 2.05) is 0 Å². The third-order valence-electron chi connectivity index (χ3n) is 1.80. The first-order chi connectivity index (χ1) is 6.49. The number of nitrogen functional groups attached to an aromatic ring is 1. The lowest BCUT2D eigenvalue weighted by Crippen LogP contribution is -2.33. The molecule has 1 heterocycles. The molecule has 0 saturated heterocycles. The molecule has 1 aromatic carbocycles. The van der Waals surface area contributed by atoms with Gasteiger partial charge in [-0.05, 0) is 12.1 Å². The van der Waals surface area contributed by atoms with Gasteiger partial charge in [0.15, 0.2) is 5.01 Å². The summed E-state index contributed by atoms with van der Waals surface area (Å²) in [4.78, 5) is 0. The van der Waals surface area contributed by atoms with Crippen molar-refractivity contribution in [3.05, 3.63) is 23.8 Å². The maximum Gasteiger partial charge on any atom is 0.536 e. The average molecular weight is 266 g/mol. The first-order valence-electron chi connectivity index (χ1n) is 3.77. The predicted octanol–water partition coefficient (Wildman–Crippen LogP) is 2.62. The fourth-order valence-corrected chi connectivity index (χ4v) is 1.93. The lowest BCUT2D eigenvalue weighted by Gasteiger charge is -2.28. The topological polar surface area (TPSA) is 44.5 Å². The maximum atomic E-state index is 12.8. The van der Waals surface area contributed by atoms with Gasteiger partial charge in [0.2, 0.25) is 0 Å². The van der Waals surface area contributed by atoms with Gasteiger partial charge in [-0.25, -0.2) is 0 Å². The Balaban J connectivity index is 2.50. The summed E-state index contributed by atoms with van der Waals surface area (Å²) in [6.07, 6.45) is -3.62. The Hall–Kier alpha value is -0.880. The van der Waals surface area contributed by atoms with Gasteiger partial charge in [-0.15, -0.1) is 8.78 Å². The highest BCUT2D eigenvalue weighted by atomic mass is 79.9. The van der Waals surface area contributed by atoms with E-state index in [1.54, 1.807) is 6.07 Å². The van der Waals surface area contributed by atoms with E-state index in [4.69, 9.17) is 5.73 Å². The highest BCUT2D eigenvalue weighted by Gasteiger charge is 2.43. The summed E-state index contributed by atoms with van der Waals surface area (Å²) in [6.45, 7) is 0.